The Balaban J connectivity index is 1.55. The summed E-state index contributed by atoms with van der Waals surface area (Å²) in [6.45, 7) is 3.57. The molecule has 1 atom stereocenters. The van der Waals surface area contributed by atoms with Crippen LogP contribution in [0.15, 0.2) is 59.8 Å². The maximum atomic E-state index is 12.7. The Bertz CT molecular complexity index is 1050. The van der Waals surface area contributed by atoms with Crippen molar-refractivity contribution in [3.8, 4) is 0 Å². The number of urea groups is 1. The van der Waals surface area contributed by atoms with Gasteiger partial charge < -0.3 is 20.3 Å². The normalized spacial score (nSPS) is 19.4. The first-order chi connectivity index (χ1) is 15.5. The lowest BCUT2D eigenvalue weighted by molar-refractivity contribution is -0.136. The summed E-state index contributed by atoms with van der Waals surface area (Å²) in [7, 11) is 1.33. The predicted molar refractivity (Wildman–Crippen MR) is 125 cm³/mol. The summed E-state index contributed by atoms with van der Waals surface area (Å²) in [5.74, 6) is -0.505. The molecule has 32 heavy (non-hydrogen) atoms. The van der Waals surface area contributed by atoms with E-state index in [9.17, 15) is 9.59 Å². The molecular weight excluding hydrogens is 451 g/mol. The molecule has 0 aliphatic carbocycles. The van der Waals surface area contributed by atoms with Crippen LogP contribution in [0, 0.1) is 0 Å². The molecule has 1 fully saturated rings. The number of nitrogens with one attached hydrogen (secondary N) is 2. The lowest BCUT2D eigenvalue weighted by Gasteiger charge is -2.38. The number of anilines is 1. The van der Waals surface area contributed by atoms with Gasteiger partial charge in [-0.25, -0.2) is 9.59 Å². The molecule has 0 radical (unpaired) electrons. The van der Waals surface area contributed by atoms with Gasteiger partial charge in [0.05, 0.1) is 18.7 Å². The highest BCUT2D eigenvalue weighted by atomic mass is 35.5. The Morgan fingerprint density at radius 1 is 1.09 bits per heavy atom. The van der Waals surface area contributed by atoms with E-state index < -0.39 is 12.0 Å². The van der Waals surface area contributed by atoms with Crippen LogP contribution in [0.25, 0.3) is 0 Å². The zero-order valence-electron chi connectivity index (χ0n) is 17.6. The number of amides is 2. The van der Waals surface area contributed by atoms with Gasteiger partial charge in [-0.3, -0.25) is 4.90 Å². The maximum Gasteiger partial charge on any atom is 0.338 e. The number of ether oxygens (including phenoxy) is 1. The van der Waals surface area contributed by atoms with E-state index in [4.69, 9.17) is 27.9 Å². The van der Waals surface area contributed by atoms with Crippen LogP contribution >= 0.6 is 23.2 Å². The molecule has 2 aliphatic rings. The van der Waals surface area contributed by atoms with E-state index in [2.05, 4.69) is 20.4 Å². The van der Waals surface area contributed by atoms with E-state index in [-0.39, 0.29) is 6.03 Å². The summed E-state index contributed by atoms with van der Waals surface area (Å²) in [5, 5.41) is 6.80. The highest BCUT2D eigenvalue weighted by Crippen LogP contribution is 2.32. The number of halogens is 2. The summed E-state index contributed by atoms with van der Waals surface area (Å²) in [6.07, 6.45) is 0. The van der Waals surface area contributed by atoms with Gasteiger partial charge in [-0.2, -0.15) is 0 Å². The molecule has 1 saturated heterocycles. The number of esters is 1. The molecular formula is C23H24Cl2N4O3. The quantitative estimate of drug-likeness (QED) is 0.647. The molecule has 2 N–H and O–H groups in total. The molecule has 2 amide bonds. The molecule has 0 bridgehead atoms. The van der Waals surface area contributed by atoms with Crippen LogP contribution in [-0.2, 0) is 9.53 Å². The number of nitrogens with zero attached hydrogens (tertiary/aromatic N) is 2. The standard InChI is InChI=1S/C23H24Cl2N4O3/c1-32-22(30)20-19(26-23(31)27-21(20)17-7-2-3-8-18(17)25)14-28-9-11-29(12-10-28)16-6-4-5-15(24)13-16/h2-8,13,21H,9-12,14H2,1H3,(H2,26,27,31)/t21-/m1/s1. The van der Waals surface area contributed by atoms with Gasteiger partial charge in [0.15, 0.2) is 0 Å². The van der Waals surface area contributed by atoms with Crippen molar-refractivity contribution in [3.63, 3.8) is 0 Å². The third-order valence-corrected chi connectivity index (χ3v) is 6.28. The topological polar surface area (TPSA) is 73.9 Å². The Morgan fingerprint density at radius 3 is 2.53 bits per heavy atom. The number of benzene rings is 2. The molecule has 168 valence electrons. The largest absolute Gasteiger partial charge is 0.466 e. The number of piperazine rings is 1. The first-order valence-electron chi connectivity index (χ1n) is 10.3. The van der Waals surface area contributed by atoms with Crippen molar-refractivity contribution < 1.29 is 14.3 Å². The number of methoxy groups -OCH3 is 1. The summed E-state index contributed by atoms with van der Waals surface area (Å²) in [6, 6.07) is 13.9. The molecule has 2 aromatic rings. The SMILES string of the molecule is COC(=O)C1=C(CN2CCN(c3cccc(Cl)c3)CC2)NC(=O)N[C@@H]1c1ccccc1Cl. The van der Waals surface area contributed by atoms with Crippen LogP contribution in [0.1, 0.15) is 11.6 Å². The first kappa shape index (κ1) is 22.5. The average Bonchev–Trinajstić information content (AvgIpc) is 2.79. The fourth-order valence-corrected chi connectivity index (χ4v) is 4.53. The lowest BCUT2D eigenvalue weighted by atomic mass is 9.95. The Labute approximate surface area is 196 Å². The fraction of sp³-hybridized carbons (Fsp3) is 0.304. The lowest BCUT2D eigenvalue weighted by Crippen LogP contribution is -2.51. The van der Waals surface area contributed by atoms with E-state index >= 15 is 0 Å². The minimum Gasteiger partial charge on any atom is -0.466 e. The number of carbonyl (C=O) groups is 2. The van der Waals surface area contributed by atoms with Gasteiger partial charge in [0.2, 0.25) is 0 Å². The number of carbonyl (C=O) groups excluding carboxylic acids is 2. The molecule has 0 aromatic heterocycles. The third kappa shape index (κ3) is 4.85. The fourth-order valence-electron chi connectivity index (χ4n) is 4.10. The second-order valence-electron chi connectivity index (χ2n) is 7.68. The smallest absolute Gasteiger partial charge is 0.338 e. The Hall–Kier alpha value is -2.74. The van der Waals surface area contributed by atoms with Crippen molar-refractivity contribution in [2.24, 2.45) is 0 Å². The van der Waals surface area contributed by atoms with Gasteiger partial charge in [0.25, 0.3) is 0 Å². The molecule has 2 aromatic carbocycles. The van der Waals surface area contributed by atoms with Crippen molar-refractivity contribution in [1.82, 2.24) is 15.5 Å². The van der Waals surface area contributed by atoms with Crippen LogP contribution in [0.4, 0.5) is 10.5 Å². The molecule has 0 spiro atoms. The van der Waals surface area contributed by atoms with Crippen molar-refractivity contribution in [3.05, 3.63) is 75.4 Å². The monoisotopic (exact) mass is 474 g/mol. The van der Waals surface area contributed by atoms with Crippen molar-refractivity contribution >= 4 is 40.9 Å². The van der Waals surface area contributed by atoms with Gasteiger partial charge in [-0.15, -0.1) is 0 Å². The molecule has 2 aliphatic heterocycles. The zero-order chi connectivity index (χ0) is 22.7. The van der Waals surface area contributed by atoms with E-state index in [0.717, 1.165) is 31.9 Å². The van der Waals surface area contributed by atoms with Crippen LogP contribution < -0.4 is 15.5 Å². The Morgan fingerprint density at radius 2 is 1.84 bits per heavy atom. The average molecular weight is 475 g/mol. The number of hydrogen-bond donors (Lipinski definition) is 2. The van der Waals surface area contributed by atoms with E-state index in [1.807, 2.05) is 30.3 Å². The van der Waals surface area contributed by atoms with Crippen LogP contribution in [-0.4, -0.2) is 56.7 Å². The van der Waals surface area contributed by atoms with E-state index in [0.29, 0.717) is 33.4 Å². The van der Waals surface area contributed by atoms with Crippen molar-refractivity contribution in [1.29, 1.82) is 0 Å². The highest BCUT2D eigenvalue weighted by molar-refractivity contribution is 6.31. The van der Waals surface area contributed by atoms with Crippen LogP contribution in [0.3, 0.4) is 0 Å². The van der Waals surface area contributed by atoms with Gasteiger partial charge in [-0.1, -0.05) is 47.5 Å². The highest BCUT2D eigenvalue weighted by Gasteiger charge is 2.35. The number of hydrogen-bond acceptors (Lipinski definition) is 5. The van der Waals surface area contributed by atoms with Gasteiger partial charge in [-0.05, 0) is 29.8 Å². The molecule has 7 nitrogen and oxygen atoms in total. The molecule has 0 saturated carbocycles. The second-order valence-corrected chi connectivity index (χ2v) is 8.52. The van der Waals surface area contributed by atoms with Crippen molar-refractivity contribution in [2.45, 2.75) is 6.04 Å². The molecule has 4 rings (SSSR count). The van der Waals surface area contributed by atoms with Crippen LogP contribution in [0.2, 0.25) is 10.0 Å². The molecule has 0 unspecified atom stereocenters. The van der Waals surface area contributed by atoms with Gasteiger partial charge in [0, 0.05) is 54.2 Å². The third-order valence-electron chi connectivity index (χ3n) is 5.70. The first-order valence-corrected chi connectivity index (χ1v) is 11.1. The molecule has 9 heteroatoms. The second kappa shape index (κ2) is 9.81. The summed E-state index contributed by atoms with van der Waals surface area (Å²) >= 11 is 12.5. The maximum absolute atomic E-state index is 12.7. The summed E-state index contributed by atoms with van der Waals surface area (Å²) in [4.78, 5) is 29.7. The Kier molecular flexibility index (Phi) is 6.89. The summed E-state index contributed by atoms with van der Waals surface area (Å²) in [5.41, 5.74) is 2.62. The molecule has 2 heterocycles. The zero-order valence-corrected chi connectivity index (χ0v) is 19.1. The van der Waals surface area contributed by atoms with Gasteiger partial charge >= 0.3 is 12.0 Å². The van der Waals surface area contributed by atoms with E-state index in [1.54, 1.807) is 18.2 Å². The van der Waals surface area contributed by atoms with Crippen LogP contribution in [0.5, 0.6) is 0 Å². The minimum absolute atomic E-state index is 0.359. The van der Waals surface area contributed by atoms with Crippen molar-refractivity contribution in [2.75, 3.05) is 44.7 Å². The number of rotatable bonds is 5. The predicted octanol–water partition coefficient (Wildman–Crippen LogP) is 3.60. The minimum atomic E-state index is -0.687. The van der Waals surface area contributed by atoms with E-state index in [1.165, 1.54) is 7.11 Å². The van der Waals surface area contributed by atoms with Gasteiger partial charge in [0.1, 0.15) is 0 Å². The summed E-state index contributed by atoms with van der Waals surface area (Å²) < 4.78 is 5.05.